The van der Waals surface area contributed by atoms with Gasteiger partial charge in [0.05, 0.1) is 4.90 Å². The molecule has 0 bridgehead atoms. The maximum Gasteiger partial charge on any atom is 0.241 e. The van der Waals surface area contributed by atoms with Crippen LogP contribution in [0, 0.1) is 0 Å². The van der Waals surface area contributed by atoms with Gasteiger partial charge in [-0.1, -0.05) is 24.3 Å². The first kappa shape index (κ1) is 13.4. The standard InChI is InChI=1S/C10H13BrN2O2S/c11-9-5-1-2-6-10(9)16(14,15)13-8-4-3-7-12/h1-6,13H,7-8,12H2/b4-3+. The van der Waals surface area contributed by atoms with Crippen LogP contribution in [-0.2, 0) is 10.0 Å². The lowest BCUT2D eigenvalue weighted by Crippen LogP contribution is -2.24. The Morgan fingerprint density at radius 1 is 1.31 bits per heavy atom. The van der Waals surface area contributed by atoms with Crippen LogP contribution in [0.1, 0.15) is 0 Å². The Bertz CT molecular complexity index is 471. The maximum atomic E-state index is 11.8. The van der Waals surface area contributed by atoms with E-state index in [4.69, 9.17) is 5.73 Å². The van der Waals surface area contributed by atoms with E-state index in [1.807, 2.05) is 0 Å². The predicted octanol–water partition coefficient (Wildman–Crippen LogP) is 1.24. The number of hydrogen-bond donors (Lipinski definition) is 2. The average Bonchev–Trinajstić information content (AvgIpc) is 2.25. The Labute approximate surface area is 104 Å². The van der Waals surface area contributed by atoms with Crippen molar-refractivity contribution in [2.24, 2.45) is 5.73 Å². The third-order valence-electron chi connectivity index (χ3n) is 1.82. The molecule has 0 heterocycles. The van der Waals surface area contributed by atoms with Gasteiger partial charge >= 0.3 is 0 Å². The van der Waals surface area contributed by atoms with Gasteiger partial charge in [-0.3, -0.25) is 0 Å². The molecule has 0 saturated carbocycles. The van der Waals surface area contributed by atoms with Crippen molar-refractivity contribution >= 4 is 26.0 Å². The third kappa shape index (κ3) is 3.71. The van der Waals surface area contributed by atoms with Crippen LogP contribution in [0.4, 0.5) is 0 Å². The minimum atomic E-state index is -3.46. The van der Waals surface area contributed by atoms with Crippen molar-refractivity contribution in [3.8, 4) is 0 Å². The highest BCUT2D eigenvalue weighted by atomic mass is 79.9. The zero-order chi connectivity index (χ0) is 12.0. The molecule has 0 amide bonds. The lowest BCUT2D eigenvalue weighted by atomic mass is 10.4. The molecule has 0 atom stereocenters. The van der Waals surface area contributed by atoms with Crippen molar-refractivity contribution in [1.29, 1.82) is 0 Å². The van der Waals surface area contributed by atoms with Gasteiger partial charge in [-0.05, 0) is 28.1 Å². The molecular formula is C10H13BrN2O2S. The molecule has 0 fully saturated rings. The first-order chi connectivity index (χ1) is 7.58. The summed E-state index contributed by atoms with van der Waals surface area (Å²) >= 11 is 3.20. The molecule has 0 saturated heterocycles. The number of halogens is 1. The fraction of sp³-hybridized carbons (Fsp3) is 0.200. The van der Waals surface area contributed by atoms with Gasteiger partial charge in [-0.15, -0.1) is 0 Å². The topological polar surface area (TPSA) is 72.2 Å². The second kappa shape index (κ2) is 6.15. The largest absolute Gasteiger partial charge is 0.327 e. The highest BCUT2D eigenvalue weighted by molar-refractivity contribution is 9.10. The van der Waals surface area contributed by atoms with Gasteiger partial charge in [0.1, 0.15) is 0 Å². The molecule has 0 aliphatic heterocycles. The summed E-state index contributed by atoms with van der Waals surface area (Å²) in [7, 11) is -3.46. The lowest BCUT2D eigenvalue weighted by molar-refractivity contribution is 0.585. The normalized spacial score (nSPS) is 12.1. The van der Waals surface area contributed by atoms with E-state index >= 15 is 0 Å². The van der Waals surface area contributed by atoms with Crippen molar-refractivity contribution in [1.82, 2.24) is 4.72 Å². The number of nitrogens with one attached hydrogen (secondary N) is 1. The number of sulfonamides is 1. The average molecular weight is 305 g/mol. The van der Waals surface area contributed by atoms with Crippen molar-refractivity contribution in [3.05, 3.63) is 40.9 Å². The Kier molecular flexibility index (Phi) is 5.14. The van der Waals surface area contributed by atoms with Gasteiger partial charge in [0.25, 0.3) is 0 Å². The summed E-state index contributed by atoms with van der Waals surface area (Å²) in [6, 6.07) is 6.66. The van der Waals surface area contributed by atoms with E-state index in [0.29, 0.717) is 11.0 Å². The number of rotatable bonds is 5. The molecule has 0 aromatic heterocycles. The minimum Gasteiger partial charge on any atom is -0.327 e. The molecule has 0 spiro atoms. The van der Waals surface area contributed by atoms with E-state index < -0.39 is 10.0 Å². The van der Waals surface area contributed by atoms with Crippen LogP contribution in [0.25, 0.3) is 0 Å². The second-order valence-electron chi connectivity index (χ2n) is 2.99. The van der Waals surface area contributed by atoms with Gasteiger partial charge in [-0.2, -0.15) is 0 Å². The first-order valence-electron chi connectivity index (χ1n) is 4.67. The van der Waals surface area contributed by atoms with Crippen LogP contribution in [0.5, 0.6) is 0 Å². The lowest BCUT2D eigenvalue weighted by Gasteiger charge is -2.06. The molecule has 0 radical (unpaired) electrons. The zero-order valence-corrected chi connectivity index (χ0v) is 11.0. The predicted molar refractivity (Wildman–Crippen MR) is 67.5 cm³/mol. The first-order valence-corrected chi connectivity index (χ1v) is 6.95. The molecule has 0 aliphatic rings. The monoisotopic (exact) mass is 304 g/mol. The molecule has 3 N–H and O–H groups in total. The van der Waals surface area contributed by atoms with E-state index in [0.717, 1.165) is 0 Å². The molecule has 1 rings (SSSR count). The van der Waals surface area contributed by atoms with Crippen LogP contribution < -0.4 is 10.5 Å². The summed E-state index contributed by atoms with van der Waals surface area (Å²) in [6.07, 6.45) is 3.37. The van der Waals surface area contributed by atoms with Gasteiger partial charge in [0.15, 0.2) is 0 Å². The van der Waals surface area contributed by atoms with Gasteiger partial charge in [0, 0.05) is 17.6 Å². The van der Waals surface area contributed by atoms with Gasteiger partial charge in [0.2, 0.25) is 10.0 Å². The Hall–Kier alpha value is -0.690. The molecule has 16 heavy (non-hydrogen) atoms. The molecule has 1 aromatic rings. The van der Waals surface area contributed by atoms with Crippen LogP contribution >= 0.6 is 15.9 Å². The van der Waals surface area contributed by atoms with E-state index in [1.54, 1.807) is 36.4 Å². The summed E-state index contributed by atoms with van der Waals surface area (Å²) in [5, 5.41) is 0. The molecule has 6 heteroatoms. The van der Waals surface area contributed by atoms with Crippen LogP contribution in [0.15, 0.2) is 45.8 Å². The SMILES string of the molecule is NC/C=C/CNS(=O)(=O)c1ccccc1Br. The summed E-state index contributed by atoms with van der Waals surface area (Å²) in [4.78, 5) is 0.233. The van der Waals surface area contributed by atoms with Crippen LogP contribution in [0.3, 0.4) is 0 Å². The van der Waals surface area contributed by atoms with Crippen molar-refractivity contribution < 1.29 is 8.42 Å². The number of nitrogens with two attached hydrogens (primary N) is 1. The summed E-state index contributed by atoms with van der Waals surface area (Å²) in [5.41, 5.74) is 5.24. The number of benzene rings is 1. The van der Waals surface area contributed by atoms with Crippen molar-refractivity contribution in [2.75, 3.05) is 13.1 Å². The molecule has 4 nitrogen and oxygen atoms in total. The Morgan fingerprint density at radius 3 is 2.62 bits per heavy atom. The Balaban J connectivity index is 2.79. The van der Waals surface area contributed by atoms with Crippen LogP contribution in [-0.4, -0.2) is 21.5 Å². The zero-order valence-electron chi connectivity index (χ0n) is 8.56. The van der Waals surface area contributed by atoms with Crippen molar-refractivity contribution in [3.63, 3.8) is 0 Å². The summed E-state index contributed by atoms with van der Waals surface area (Å²) < 4.78 is 26.6. The van der Waals surface area contributed by atoms with Crippen molar-refractivity contribution in [2.45, 2.75) is 4.90 Å². The second-order valence-corrected chi connectivity index (χ2v) is 5.58. The Morgan fingerprint density at radius 2 is 2.00 bits per heavy atom. The molecule has 0 aliphatic carbocycles. The van der Waals surface area contributed by atoms with E-state index in [-0.39, 0.29) is 11.4 Å². The minimum absolute atomic E-state index is 0.233. The summed E-state index contributed by atoms with van der Waals surface area (Å²) in [6.45, 7) is 0.637. The molecule has 1 aromatic carbocycles. The van der Waals surface area contributed by atoms with E-state index in [2.05, 4.69) is 20.7 Å². The van der Waals surface area contributed by atoms with E-state index in [9.17, 15) is 8.42 Å². The number of hydrogen-bond acceptors (Lipinski definition) is 3. The quantitative estimate of drug-likeness (QED) is 0.804. The maximum absolute atomic E-state index is 11.8. The molecule has 0 unspecified atom stereocenters. The smallest absolute Gasteiger partial charge is 0.241 e. The fourth-order valence-corrected chi connectivity index (χ4v) is 3.06. The van der Waals surface area contributed by atoms with Gasteiger partial charge in [-0.25, -0.2) is 13.1 Å². The van der Waals surface area contributed by atoms with E-state index in [1.165, 1.54) is 0 Å². The molecular weight excluding hydrogens is 292 g/mol. The highest BCUT2D eigenvalue weighted by Gasteiger charge is 2.15. The highest BCUT2D eigenvalue weighted by Crippen LogP contribution is 2.20. The van der Waals surface area contributed by atoms with Crippen LogP contribution in [0.2, 0.25) is 0 Å². The van der Waals surface area contributed by atoms with Gasteiger partial charge < -0.3 is 5.73 Å². The third-order valence-corrected chi connectivity index (χ3v) is 4.26. The molecule has 88 valence electrons. The summed E-state index contributed by atoms with van der Waals surface area (Å²) in [5.74, 6) is 0. The fourth-order valence-electron chi connectivity index (χ4n) is 1.08.